The van der Waals surface area contributed by atoms with Gasteiger partial charge in [0, 0.05) is 12.1 Å². The summed E-state index contributed by atoms with van der Waals surface area (Å²) in [6.07, 6.45) is -5.52. The Balaban J connectivity index is 3.36. The van der Waals surface area contributed by atoms with Gasteiger partial charge in [-0.1, -0.05) is 13.0 Å². The molecule has 0 bridgehead atoms. The Bertz CT molecular complexity index is 577. The van der Waals surface area contributed by atoms with Crippen molar-refractivity contribution in [1.29, 1.82) is 0 Å². The number of anilines is 1. The van der Waals surface area contributed by atoms with Crippen LogP contribution in [0.2, 0.25) is 0 Å². The minimum Gasteiger partial charge on any atom is -0.463 e. The third-order valence-electron chi connectivity index (χ3n) is 2.81. The molecule has 1 rings (SSSR count). The lowest BCUT2D eigenvalue weighted by atomic mass is 10.1. The van der Waals surface area contributed by atoms with Crippen molar-refractivity contribution in [3.63, 3.8) is 0 Å². The second-order valence-corrected chi connectivity index (χ2v) is 4.51. The molecule has 2 N–H and O–H groups in total. The number of esters is 1. The molecule has 23 heavy (non-hydrogen) atoms. The number of hydrogen-bond acceptors (Lipinski definition) is 4. The summed E-state index contributed by atoms with van der Waals surface area (Å²) >= 11 is 0. The Hall–Kier alpha value is -2.32. The van der Waals surface area contributed by atoms with Crippen LogP contribution in [0.15, 0.2) is 24.3 Å². The highest BCUT2D eigenvalue weighted by Crippen LogP contribution is 2.33. The van der Waals surface area contributed by atoms with Crippen molar-refractivity contribution in [2.45, 2.75) is 32.1 Å². The molecule has 1 aromatic rings. The van der Waals surface area contributed by atoms with E-state index in [4.69, 9.17) is 0 Å². The van der Waals surface area contributed by atoms with E-state index in [-0.39, 0.29) is 18.7 Å². The Kier molecular flexibility index (Phi) is 5.94. The quantitative estimate of drug-likeness (QED) is 0.476. The molecule has 0 saturated carbocycles. The molecule has 5 nitrogen and oxygen atoms in total. The van der Waals surface area contributed by atoms with Crippen LogP contribution in [0, 0.1) is 5.82 Å². The number of hydrogen-bond donors (Lipinski definition) is 2. The third-order valence-corrected chi connectivity index (χ3v) is 2.81. The van der Waals surface area contributed by atoms with Gasteiger partial charge < -0.3 is 15.4 Å². The molecular weight excluding hydrogens is 320 g/mol. The fourth-order valence-corrected chi connectivity index (χ4v) is 1.71. The van der Waals surface area contributed by atoms with Gasteiger partial charge in [-0.15, -0.1) is 0 Å². The fourth-order valence-electron chi connectivity index (χ4n) is 1.71. The molecule has 0 aliphatic rings. The standard InChI is InChI=1S/C14H16F4N2O3/c1-3-11(21)20-13(14(16,17)18,12(22)23-4-2)19-10-7-5-6-9(15)8-10/h5-8,19H,3-4H2,1-2H3,(H,20,21). The van der Waals surface area contributed by atoms with Crippen LogP contribution in [-0.2, 0) is 14.3 Å². The predicted molar refractivity (Wildman–Crippen MR) is 73.9 cm³/mol. The van der Waals surface area contributed by atoms with E-state index in [0.717, 1.165) is 24.3 Å². The highest BCUT2D eigenvalue weighted by atomic mass is 19.4. The number of carbonyl (C=O) groups excluding carboxylic acids is 2. The summed E-state index contributed by atoms with van der Waals surface area (Å²) in [5, 5.41) is 3.45. The van der Waals surface area contributed by atoms with Gasteiger partial charge in [-0.2, -0.15) is 13.2 Å². The second kappa shape index (κ2) is 7.30. The number of rotatable bonds is 6. The van der Waals surface area contributed by atoms with Gasteiger partial charge in [-0.3, -0.25) is 4.79 Å². The smallest absolute Gasteiger partial charge is 0.441 e. The Labute approximate surface area is 130 Å². The molecule has 1 atom stereocenters. The van der Waals surface area contributed by atoms with Crippen molar-refractivity contribution < 1.29 is 31.9 Å². The van der Waals surface area contributed by atoms with E-state index >= 15 is 0 Å². The molecule has 1 aromatic carbocycles. The van der Waals surface area contributed by atoms with E-state index in [1.165, 1.54) is 13.8 Å². The van der Waals surface area contributed by atoms with Gasteiger partial charge in [0.25, 0.3) is 0 Å². The molecule has 1 amide bonds. The zero-order chi connectivity index (χ0) is 17.7. The van der Waals surface area contributed by atoms with Gasteiger partial charge in [-0.05, 0) is 25.1 Å². The molecule has 128 valence electrons. The Morgan fingerprint density at radius 1 is 1.22 bits per heavy atom. The normalized spacial score (nSPS) is 13.8. The summed E-state index contributed by atoms with van der Waals surface area (Å²) in [6.45, 7) is 2.32. The molecule has 0 saturated heterocycles. The third kappa shape index (κ3) is 4.33. The first-order valence-electron chi connectivity index (χ1n) is 6.75. The zero-order valence-electron chi connectivity index (χ0n) is 12.5. The lowest BCUT2D eigenvalue weighted by molar-refractivity contribution is -0.207. The first kappa shape index (κ1) is 18.7. The van der Waals surface area contributed by atoms with Crippen LogP contribution in [-0.4, -0.2) is 30.3 Å². The summed E-state index contributed by atoms with van der Waals surface area (Å²) in [7, 11) is 0. The van der Waals surface area contributed by atoms with Crippen molar-refractivity contribution in [3.8, 4) is 0 Å². The van der Waals surface area contributed by atoms with Crippen LogP contribution in [0.3, 0.4) is 0 Å². The second-order valence-electron chi connectivity index (χ2n) is 4.51. The number of nitrogens with one attached hydrogen (secondary N) is 2. The highest BCUT2D eigenvalue weighted by Gasteiger charge is 2.63. The average Bonchev–Trinajstić information content (AvgIpc) is 2.45. The molecule has 0 fully saturated rings. The molecule has 0 heterocycles. The van der Waals surface area contributed by atoms with E-state index in [2.05, 4.69) is 4.74 Å². The summed E-state index contributed by atoms with van der Waals surface area (Å²) in [5.74, 6) is -3.57. The number of carbonyl (C=O) groups is 2. The summed E-state index contributed by atoms with van der Waals surface area (Å²) in [5.41, 5.74) is -3.85. The largest absolute Gasteiger partial charge is 0.463 e. The minimum absolute atomic E-state index is 0.290. The molecule has 1 unspecified atom stereocenters. The Morgan fingerprint density at radius 3 is 2.35 bits per heavy atom. The maximum Gasteiger partial charge on any atom is 0.441 e. The van der Waals surface area contributed by atoms with Crippen molar-refractivity contribution >= 4 is 17.6 Å². The first-order chi connectivity index (χ1) is 10.7. The number of ether oxygens (including phenoxy) is 1. The van der Waals surface area contributed by atoms with Gasteiger partial charge in [0.05, 0.1) is 6.61 Å². The lowest BCUT2D eigenvalue weighted by Crippen LogP contribution is -2.69. The first-order valence-corrected chi connectivity index (χ1v) is 6.75. The van der Waals surface area contributed by atoms with E-state index < -0.39 is 29.5 Å². The maximum atomic E-state index is 13.6. The SMILES string of the molecule is CCOC(=O)C(NC(=O)CC)(Nc1cccc(F)c1)C(F)(F)F. The number of benzene rings is 1. The van der Waals surface area contributed by atoms with Crippen molar-refractivity contribution in [2.75, 3.05) is 11.9 Å². The van der Waals surface area contributed by atoms with Crippen LogP contribution < -0.4 is 10.6 Å². The molecule has 0 spiro atoms. The van der Waals surface area contributed by atoms with Crippen LogP contribution in [0.4, 0.5) is 23.2 Å². The molecule has 0 aromatic heterocycles. The molecule has 0 aliphatic carbocycles. The molecular formula is C14H16F4N2O3. The van der Waals surface area contributed by atoms with Crippen LogP contribution in [0.1, 0.15) is 20.3 Å². The highest BCUT2D eigenvalue weighted by molar-refractivity contribution is 5.91. The maximum absolute atomic E-state index is 13.6. The van der Waals surface area contributed by atoms with E-state index in [1.54, 1.807) is 5.32 Å². The molecule has 0 aliphatic heterocycles. The Morgan fingerprint density at radius 2 is 1.87 bits per heavy atom. The van der Waals surface area contributed by atoms with Gasteiger partial charge in [-0.25, -0.2) is 9.18 Å². The molecule has 9 heteroatoms. The van der Waals surface area contributed by atoms with E-state index in [1.807, 2.05) is 5.32 Å². The van der Waals surface area contributed by atoms with Crippen LogP contribution >= 0.6 is 0 Å². The van der Waals surface area contributed by atoms with Gasteiger partial charge in [0.2, 0.25) is 5.91 Å². The van der Waals surface area contributed by atoms with Crippen molar-refractivity contribution in [3.05, 3.63) is 30.1 Å². The van der Waals surface area contributed by atoms with Crippen molar-refractivity contribution in [1.82, 2.24) is 5.32 Å². The average molecular weight is 336 g/mol. The summed E-state index contributed by atoms with van der Waals surface area (Å²) in [6, 6.07) is 4.07. The minimum atomic E-state index is -5.23. The van der Waals surface area contributed by atoms with E-state index in [9.17, 15) is 27.2 Å². The van der Waals surface area contributed by atoms with Gasteiger partial charge >= 0.3 is 17.8 Å². The topological polar surface area (TPSA) is 67.4 Å². The van der Waals surface area contributed by atoms with Crippen molar-refractivity contribution in [2.24, 2.45) is 0 Å². The number of alkyl halides is 3. The van der Waals surface area contributed by atoms with Gasteiger partial charge in [0.15, 0.2) is 0 Å². The monoisotopic (exact) mass is 336 g/mol. The summed E-state index contributed by atoms with van der Waals surface area (Å²) < 4.78 is 58.3. The summed E-state index contributed by atoms with van der Waals surface area (Å²) in [4.78, 5) is 23.4. The zero-order valence-corrected chi connectivity index (χ0v) is 12.5. The van der Waals surface area contributed by atoms with E-state index in [0.29, 0.717) is 0 Å². The van der Waals surface area contributed by atoms with Gasteiger partial charge in [0.1, 0.15) is 5.82 Å². The lowest BCUT2D eigenvalue weighted by Gasteiger charge is -2.35. The molecule has 0 radical (unpaired) electrons. The number of amides is 1. The van der Waals surface area contributed by atoms with Crippen LogP contribution in [0.25, 0.3) is 0 Å². The number of halogens is 4. The predicted octanol–water partition coefficient (Wildman–Crippen LogP) is 2.59. The van der Waals surface area contributed by atoms with Crippen LogP contribution in [0.5, 0.6) is 0 Å². The fraction of sp³-hybridized carbons (Fsp3) is 0.429.